The highest BCUT2D eigenvalue weighted by Crippen LogP contribution is 2.26. The van der Waals surface area contributed by atoms with E-state index in [2.05, 4.69) is 9.97 Å². The molecule has 1 atom stereocenters. The van der Waals surface area contributed by atoms with Crippen LogP contribution in [0.25, 0.3) is 10.9 Å². The normalized spacial score (nSPS) is 16.8. The Labute approximate surface area is 156 Å². The fourth-order valence-electron chi connectivity index (χ4n) is 3.07. The number of rotatable bonds is 5. The van der Waals surface area contributed by atoms with Crippen molar-refractivity contribution in [3.05, 3.63) is 61.1 Å². The fourth-order valence-corrected chi connectivity index (χ4v) is 3.86. The van der Waals surface area contributed by atoms with E-state index in [1.165, 1.54) is 0 Å². The van der Waals surface area contributed by atoms with Gasteiger partial charge in [-0.2, -0.15) is 0 Å². The average molecular weight is 365 g/mol. The summed E-state index contributed by atoms with van der Waals surface area (Å²) in [5.41, 5.74) is 0.869. The summed E-state index contributed by atoms with van der Waals surface area (Å²) in [6.07, 6.45) is 6.11. The summed E-state index contributed by atoms with van der Waals surface area (Å²) in [6.45, 7) is 1.36. The number of aromatic nitrogens is 2. The van der Waals surface area contributed by atoms with Crippen molar-refractivity contribution in [2.75, 3.05) is 18.8 Å². The lowest BCUT2D eigenvalue weighted by molar-refractivity contribution is -0.127. The topological polar surface area (TPSA) is 55.3 Å². The molecule has 1 aliphatic rings. The van der Waals surface area contributed by atoms with E-state index in [9.17, 15) is 4.79 Å². The second-order valence-electron chi connectivity index (χ2n) is 6.17. The lowest BCUT2D eigenvalue weighted by Crippen LogP contribution is -2.32. The van der Waals surface area contributed by atoms with Gasteiger partial charge in [-0.1, -0.05) is 18.2 Å². The van der Waals surface area contributed by atoms with Gasteiger partial charge in [-0.05, 0) is 24.3 Å². The van der Waals surface area contributed by atoms with Crippen LogP contribution in [0.3, 0.4) is 0 Å². The number of thioether (sulfide) groups is 1. The zero-order chi connectivity index (χ0) is 17.8. The Morgan fingerprint density at radius 1 is 1.15 bits per heavy atom. The van der Waals surface area contributed by atoms with Gasteiger partial charge in [0.05, 0.1) is 12.3 Å². The molecule has 0 spiro atoms. The Hall–Kier alpha value is -2.60. The third-order valence-corrected chi connectivity index (χ3v) is 5.40. The van der Waals surface area contributed by atoms with E-state index >= 15 is 0 Å². The molecule has 3 heterocycles. The molecule has 0 bridgehead atoms. The minimum Gasteiger partial charge on any atom is -0.486 e. The van der Waals surface area contributed by atoms with E-state index in [-0.39, 0.29) is 12.0 Å². The molecule has 0 N–H and O–H groups in total. The zero-order valence-electron chi connectivity index (χ0n) is 14.2. The van der Waals surface area contributed by atoms with Crippen LogP contribution >= 0.6 is 11.8 Å². The minimum atomic E-state index is 0.0116. The molecule has 1 amide bonds. The van der Waals surface area contributed by atoms with Crippen LogP contribution in [0.15, 0.2) is 66.0 Å². The number of amides is 1. The molecule has 3 aromatic rings. The van der Waals surface area contributed by atoms with Gasteiger partial charge in [0.25, 0.3) is 0 Å². The summed E-state index contributed by atoms with van der Waals surface area (Å²) < 4.78 is 6.16. The van der Waals surface area contributed by atoms with E-state index in [1.807, 2.05) is 47.4 Å². The lowest BCUT2D eigenvalue weighted by Gasteiger charge is -2.17. The molecule has 1 aliphatic heterocycles. The van der Waals surface area contributed by atoms with Gasteiger partial charge in [-0.15, -0.1) is 11.8 Å². The fraction of sp³-hybridized carbons (Fsp3) is 0.250. The maximum atomic E-state index is 12.5. The standard InChI is InChI=1S/C20H19N3O2S/c24-19(14-26-17-6-10-21-11-7-17)23-12-8-16(13-23)25-18-5-1-3-15-4-2-9-22-20(15)18/h1-7,9-11,16H,8,12-14H2. The maximum Gasteiger partial charge on any atom is 0.233 e. The molecule has 132 valence electrons. The van der Waals surface area contributed by atoms with Crippen molar-refractivity contribution in [2.45, 2.75) is 17.4 Å². The highest BCUT2D eigenvalue weighted by Gasteiger charge is 2.27. The minimum absolute atomic E-state index is 0.0116. The molecule has 2 aromatic heterocycles. The molecule has 0 saturated carbocycles. The smallest absolute Gasteiger partial charge is 0.233 e. The Balaban J connectivity index is 1.35. The molecule has 1 unspecified atom stereocenters. The number of pyridine rings is 2. The number of benzene rings is 1. The monoisotopic (exact) mass is 365 g/mol. The first-order valence-corrected chi connectivity index (χ1v) is 9.59. The summed E-state index contributed by atoms with van der Waals surface area (Å²) >= 11 is 1.54. The van der Waals surface area contributed by atoms with Crippen LogP contribution in [0.1, 0.15) is 6.42 Å². The van der Waals surface area contributed by atoms with Crippen LogP contribution in [0.2, 0.25) is 0 Å². The van der Waals surface area contributed by atoms with Crippen LogP contribution in [0, 0.1) is 0 Å². The zero-order valence-corrected chi connectivity index (χ0v) is 15.1. The van der Waals surface area contributed by atoms with Gasteiger partial charge in [-0.3, -0.25) is 14.8 Å². The largest absolute Gasteiger partial charge is 0.486 e. The first-order valence-electron chi connectivity index (χ1n) is 8.60. The lowest BCUT2D eigenvalue weighted by atomic mass is 10.2. The van der Waals surface area contributed by atoms with Crippen molar-refractivity contribution in [3.63, 3.8) is 0 Å². The first-order chi connectivity index (χ1) is 12.8. The van der Waals surface area contributed by atoms with Gasteiger partial charge in [0.1, 0.15) is 17.4 Å². The molecule has 5 nitrogen and oxygen atoms in total. The van der Waals surface area contributed by atoms with Crippen LogP contribution in [-0.2, 0) is 4.79 Å². The third kappa shape index (κ3) is 3.80. The van der Waals surface area contributed by atoms with Gasteiger partial charge >= 0.3 is 0 Å². The number of ether oxygens (including phenoxy) is 1. The first kappa shape index (κ1) is 16.8. The van der Waals surface area contributed by atoms with Gasteiger partial charge < -0.3 is 9.64 Å². The molecular formula is C20H19N3O2S. The van der Waals surface area contributed by atoms with Crippen molar-refractivity contribution in [2.24, 2.45) is 0 Å². The summed E-state index contributed by atoms with van der Waals surface area (Å²) in [6, 6.07) is 13.7. The Bertz CT molecular complexity index is 898. The number of carbonyl (C=O) groups is 1. The molecule has 1 aromatic carbocycles. The van der Waals surface area contributed by atoms with Gasteiger partial charge in [0, 0.05) is 41.8 Å². The SMILES string of the molecule is O=C(CSc1ccncc1)N1CCC(Oc2cccc3cccnc23)C1. The quantitative estimate of drug-likeness (QED) is 0.649. The molecule has 0 radical (unpaired) electrons. The summed E-state index contributed by atoms with van der Waals surface area (Å²) in [5, 5.41) is 1.06. The summed E-state index contributed by atoms with van der Waals surface area (Å²) in [4.78, 5) is 23.8. The number of likely N-dealkylation sites (tertiary alicyclic amines) is 1. The van der Waals surface area contributed by atoms with Crippen molar-refractivity contribution in [1.82, 2.24) is 14.9 Å². The Morgan fingerprint density at radius 2 is 2.00 bits per heavy atom. The van der Waals surface area contributed by atoms with Crippen molar-refractivity contribution in [3.8, 4) is 5.75 Å². The number of nitrogens with zero attached hydrogens (tertiary/aromatic N) is 3. The summed E-state index contributed by atoms with van der Waals surface area (Å²) in [7, 11) is 0. The predicted molar refractivity (Wildman–Crippen MR) is 102 cm³/mol. The van der Waals surface area contributed by atoms with E-state index < -0.39 is 0 Å². The molecule has 4 rings (SSSR count). The van der Waals surface area contributed by atoms with Gasteiger partial charge in [0.2, 0.25) is 5.91 Å². The van der Waals surface area contributed by atoms with E-state index in [0.29, 0.717) is 12.3 Å². The number of para-hydroxylation sites is 1. The molecule has 6 heteroatoms. The number of hydrogen-bond donors (Lipinski definition) is 0. The van der Waals surface area contributed by atoms with Crippen molar-refractivity contribution < 1.29 is 9.53 Å². The molecule has 1 saturated heterocycles. The molecular weight excluding hydrogens is 346 g/mol. The van der Waals surface area contributed by atoms with E-state index in [0.717, 1.165) is 34.5 Å². The number of fused-ring (bicyclic) bond motifs is 1. The summed E-state index contributed by atoms with van der Waals surface area (Å²) in [5.74, 6) is 1.37. The average Bonchev–Trinajstić information content (AvgIpc) is 3.16. The maximum absolute atomic E-state index is 12.5. The molecule has 26 heavy (non-hydrogen) atoms. The molecule has 1 fully saturated rings. The van der Waals surface area contributed by atoms with Crippen LogP contribution in [0.4, 0.5) is 0 Å². The van der Waals surface area contributed by atoms with Crippen LogP contribution in [-0.4, -0.2) is 45.7 Å². The number of hydrogen-bond acceptors (Lipinski definition) is 5. The highest BCUT2D eigenvalue weighted by atomic mass is 32.2. The second kappa shape index (κ2) is 7.74. The van der Waals surface area contributed by atoms with Crippen molar-refractivity contribution in [1.29, 1.82) is 0 Å². The van der Waals surface area contributed by atoms with E-state index in [1.54, 1.807) is 30.4 Å². The van der Waals surface area contributed by atoms with Crippen LogP contribution in [0.5, 0.6) is 5.75 Å². The van der Waals surface area contributed by atoms with Gasteiger partial charge in [0.15, 0.2) is 0 Å². The second-order valence-corrected chi connectivity index (χ2v) is 7.22. The molecule has 0 aliphatic carbocycles. The predicted octanol–water partition coefficient (Wildman–Crippen LogP) is 3.40. The van der Waals surface area contributed by atoms with Gasteiger partial charge in [-0.25, -0.2) is 0 Å². The highest BCUT2D eigenvalue weighted by molar-refractivity contribution is 8.00. The third-order valence-electron chi connectivity index (χ3n) is 4.40. The van der Waals surface area contributed by atoms with E-state index in [4.69, 9.17) is 4.74 Å². The van der Waals surface area contributed by atoms with Crippen molar-refractivity contribution >= 4 is 28.6 Å². The number of carbonyl (C=O) groups excluding carboxylic acids is 1. The van der Waals surface area contributed by atoms with Crippen LogP contribution < -0.4 is 4.74 Å². The Morgan fingerprint density at radius 3 is 2.88 bits per heavy atom. The Kier molecular flexibility index (Phi) is 5.02.